The van der Waals surface area contributed by atoms with E-state index in [9.17, 15) is 13.2 Å². The van der Waals surface area contributed by atoms with Crippen LogP contribution >= 0.6 is 0 Å². The minimum atomic E-state index is -4.01. The van der Waals surface area contributed by atoms with Crippen LogP contribution in [-0.2, 0) is 14.6 Å². The van der Waals surface area contributed by atoms with Crippen LogP contribution in [0.15, 0.2) is 29.2 Å². The molecule has 100 valence electrons. The normalized spacial score (nSPS) is 13.0. The van der Waals surface area contributed by atoms with Crippen molar-refractivity contribution in [1.82, 2.24) is 0 Å². The number of hydrogen-bond acceptors (Lipinski definition) is 5. The third-order valence-electron chi connectivity index (χ3n) is 2.45. The van der Waals surface area contributed by atoms with Gasteiger partial charge in [0.15, 0.2) is 15.1 Å². The number of para-hydroxylation sites is 1. The molecule has 1 aromatic rings. The summed E-state index contributed by atoms with van der Waals surface area (Å²) >= 11 is 0. The van der Waals surface area contributed by atoms with Gasteiger partial charge in [-0.25, -0.2) is 8.42 Å². The summed E-state index contributed by atoms with van der Waals surface area (Å²) in [6.45, 7) is -0.0225. The molecule has 0 aliphatic rings. The van der Waals surface area contributed by atoms with Gasteiger partial charge in [-0.15, -0.1) is 0 Å². The van der Waals surface area contributed by atoms with Crippen LogP contribution in [-0.4, -0.2) is 38.4 Å². The molecule has 1 aromatic carbocycles. The Hall–Kier alpha value is -1.60. The van der Waals surface area contributed by atoms with Crippen LogP contribution in [0.5, 0.6) is 5.75 Å². The van der Waals surface area contributed by atoms with Gasteiger partial charge in [-0.05, 0) is 25.1 Å². The fourth-order valence-corrected chi connectivity index (χ4v) is 3.29. The first-order valence-corrected chi connectivity index (χ1v) is 6.79. The minimum absolute atomic E-state index is 0.0225. The molecule has 0 aromatic heterocycles. The zero-order valence-electron chi connectivity index (χ0n) is 9.87. The van der Waals surface area contributed by atoms with E-state index in [-0.39, 0.29) is 23.6 Å². The van der Waals surface area contributed by atoms with E-state index in [1.807, 2.05) is 0 Å². The third kappa shape index (κ3) is 2.80. The van der Waals surface area contributed by atoms with Crippen LogP contribution in [0.1, 0.15) is 6.42 Å². The number of carboxylic acid groups (broad SMARTS) is 1. The van der Waals surface area contributed by atoms with Crippen molar-refractivity contribution in [2.75, 3.05) is 13.7 Å². The Labute approximate surface area is 105 Å². The number of carbonyl (C=O) groups is 1. The SMILES string of the molecule is COc1ccccc1S(=O)(=O)C(CCN)C(=O)O. The molecule has 1 atom stereocenters. The smallest absolute Gasteiger partial charge is 0.322 e. The summed E-state index contributed by atoms with van der Waals surface area (Å²) < 4.78 is 29.4. The summed E-state index contributed by atoms with van der Waals surface area (Å²) in [5.41, 5.74) is 5.25. The van der Waals surface area contributed by atoms with E-state index in [0.29, 0.717) is 0 Å². The molecule has 0 bridgehead atoms. The van der Waals surface area contributed by atoms with E-state index in [1.54, 1.807) is 6.07 Å². The molecule has 1 unspecified atom stereocenters. The second-order valence-electron chi connectivity index (χ2n) is 3.60. The maximum Gasteiger partial charge on any atom is 0.322 e. The van der Waals surface area contributed by atoms with E-state index in [1.165, 1.54) is 25.3 Å². The van der Waals surface area contributed by atoms with Crippen molar-refractivity contribution in [3.8, 4) is 5.75 Å². The minimum Gasteiger partial charge on any atom is -0.495 e. The van der Waals surface area contributed by atoms with Gasteiger partial charge in [-0.3, -0.25) is 4.79 Å². The molecule has 3 N–H and O–H groups in total. The average Bonchev–Trinajstić information content (AvgIpc) is 2.35. The first-order chi connectivity index (χ1) is 8.45. The van der Waals surface area contributed by atoms with Gasteiger partial charge >= 0.3 is 5.97 Å². The van der Waals surface area contributed by atoms with Crippen LogP contribution in [0.2, 0.25) is 0 Å². The molecular formula is C11H15NO5S. The number of carboxylic acids is 1. The molecule has 18 heavy (non-hydrogen) atoms. The van der Waals surface area contributed by atoms with Crippen LogP contribution < -0.4 is 10.5 Å². The fraction of sp³-hybridized carbons (Fsp3) is 0.364. The predicted octanol–water partition coefficient (Wildman–Crippen LogP) is 0.271. The van der Waals surface area contributed by atoms with Crippen LogP contribution in [0.25, 0.3) is 0 Å². The summed E-state index contributed by atoms with van der Waals surface area (Å²) in [6.07, 6.45) is -0.143. The Morgan fingerprint density at radius 1 is 1.44 bits per heavy atom. The molecule has 6 nitrogen and oxygen atoms in total. The van der Waals surface area contributed by atoms with E-state index < -0.39 is 21.1 Å². The Balaban J connectivity index is 3.31. The van der Waals surface area contributed by atoms with Gasteiger partial charge in [0.25, 0.3) is 0 Å². The number of hydrogen-bond donors (Lipinski definition) is 2. The average molecular weight is 273 g/mol. The van der Waals surface area contributed by atoms with Crippen molar-refractivity contribution in [3.63, 3.8) is 0 Å². The number of nitrogens with two attached hydrogens (primary N) is 1. The molecule has 0 aliphatic carbocycles. The number of ether oxygens (including phenoxy) is 1. The largest absolute Gasteiger partial charge is 0.495 e. The molecule has 0 amide bonds. The standard InChI is InChI=1S/C11H15NO5S/c1-17-8-4-2-3-5-9(8)18(15,16)10(6-7-12)11(13)14/h2-5,10H,6-7,12H2,1H3,(H,13,14). The van der Waals surface area contributed by atoms with Crippen molar-refractivity contribution in [2.45, 2.75) is 16.6 Å². The van der Waals surface area contributed by atoms with Crippen molar-refractivity contribution in [2.24, 2.45) is 5.73 Å². The Bertz CT molecular complexity index is 526. The molecule has 0 saturated carbocycles. The van der Waals surface area contributed by atoms with Gasteiger partial charge in [-0.2, -0.15) is 0 Å². The summed E-state index contributed by atoms with van der Waals surface area (Å²) in [4.78, 5) is 10.9. The molecule has 0 heterocycles. The topological polar surface area (TPSA) is 107 Å². The first-order valence-electron chi connectivity index (χ1n) is 5.25. The highest BCUT2D eigenvalue weighted by molar-refractivity contribution is 7.92. The second kappa shape index (κ2) is 5.83. The van der Waals surface area contributed by atoms with Gasteiger partial charge in [0.1, 0.15) is 10.6 Å². The lowest BCUT2D eigenvalue weighted by molar-refractivity contribution is -0.136. The Morgan fingerprint density at radius 2 is 2.06 bits per heavy atom. The molecule has 1 rings (SSSR count). The molecule has 0 aliphatic heterocycles. The lowest BCUT2D eigenvalue weighted by Crippen LogP contribution is -2.32. The van der Waals surface area contributed by atoms with Gasteiger partial charge in [0.05, 0.1) is 7.11 Å². The summed E-state index contributed by atoms with van der Waals surface area (Å²) in [6, 6.07) is 5.90. The van der Waals surface area contributed by atoms with Crippen molar-refractivity contribution in [1.29, 1.82) is 0 Å². The quantitative estimate of drug-likeness (QED) is 0.770. The number of sulfone groups is 1. The zero-order valence-corrected chi connectivity index (χ0v) is 10.7. The fourth-order valence-electron chi connectivity index (χ4n) is 1.57. The highest BCUT2D eigenvalue weighted by atomic mass is 32.2. The summed E-state index contributed by atoms with van der Waals surface area (Å²) in [7, 11) is -2.68. The number of benzene rings is 1. The Kier molecular flexibility index (Phi) is 4.69. The molecule has 0 saturated heterocycles. The number of rotatable bonds is 6. The Morgan fingerprint density at radius 3 is 2.56 bits per heavy atom. The molecule has 0 spiro atoms. The maximum atomic E-state index is 12.2. The van der Waals surface area contributed by atoms with E-state index in [2.05, 4.69) is 0 Å². The molecule has 0 radical (unpaired) electrons. The highest BCUT2D eigenvalue weighted by Gasteiger charge is 2.35. The highest BCUT2D eigenvalue weighted by Crippen LogP contribution is 2.27. The van der Waals surface area contributed by atoms with Crippen molar-refractivity contribution in [3.05, 3.63) is 24.3 Å². The monoisotopic (exact) mass is 273 g/mol. The van der Waals surface area contributed by atoms with Gasteiger partial charge in [-0.1, -0.05) is 12.1 Å². The van der Waals surface area contributed by atoms with Gasteiger partial charge in [0.2, 0.25) is 0 Å². The van der Waals surface area contributed by atoms with Crippen molar-refractivity contribution >= 4 is 15.8 Å². The van der Waals surface area contributed by atoms with Crippen LogP contribution in [0.3, 0.4) is 0 Å². The summed E-state index contributed by atoms with van der Waals surface area (Å²) in [5, 5.41) is 7.43. The van der Waals surface area contributed by atoms with Gasteiger partial charge < -0.3 is 15.6 Å². The first kappa shape index (κ1) is 14.5. The molecule has 0 fully saturated rings. The lowest BCUT2D eigenvalue weighted by Gasteiger charge is -2.14. The van der Waals surface area contributed by atoms with Crippen molar-refractivity contribution < 1.29 is 23.1 Å². The number of methoxy groups -OCH3 is 1. The zero-order chi connectivity index (χ0) is 13.8. The molecule has 7 heteroatoms. The van der Waals surface area contributed by atoms with Gasteiger partial charge in [0, 0.05) is 0 Å². The summed E-state index contributed by atoms with van der Waals surface area (Å²) in [5.74, 6) is -1.29. The maximum absolute atomic E-state index is 12.2. The third-order valence-corrected chi connectivity index (χ3v) is 4.59. The van der Waals surface area contributed by atoms with E-state index in [4.69, 9.17) is 15.6 Å². The van der Waals surface area contributed by atoms with Crippen LogP contribution in [0.4, 0.5) is 0 Å². The van der Waals surface area contributed by atoms with E-state index >= 15 is 0 Å². The predicted molar refractivity (Wildman–Crippen MR) is 65.3 cm³/mol. The number of aliphatic carboxylic acids is 1. The second-order valence-corrected chi connectivity index (χ2v) is 5.70. The van der Waals surface area contributed by atoms with E-state index in [0.717, 1.165) is 0 Å². The molecular weight excluding hydrogens is 258 g/mol. The van der Waals surface area contributed by atoms with Crippen LogP contribution in [0, 0.1) is 0 Å². The lowest BCUT2D eigenvalue weighted by atomic mass is 10.3.